The maximum absolute atomic E-state index is 12.4. The molecule has 1 saturated heterocycles. The van der Waals surface area contributed by atoms with E-state index in [1.807, 2.05) is 0 Å². The fourth-order valence-electron chi connectivity index (χ4n) is 2.96. The molecule has 20 heavy (non-hydrogen) atoms. The lowest BCUT2D eigenvalue weighted by molar-refractivity contribution is 0.165. The van der Waals surface area contributed by atoms with Crippen LogP contribution >= 0.6 is 0 Å². The van der Waals surface area contributed by atoms with E-state index in [0.717, 1.165) is 32.4 Å². The van der Waals surface area contributed by atoms with Gasteiger partial charge in [0.2, 0.25) is 0 Å². The molecule has 0 bridgehead atoms. The average molecular weight is 281 g/mol. The minimum absolute atomic E-state index is 0.122. The maximum Gasteiger partial charge on any atom is 0.102 e. The lowest BCUT2D eigenvalue weighted by Crippen LogP contribution is -2.37. The van der Waals surface area contributed by atoms with E-state index in [9.17, 15) is 4.39 Å². The summed E-state index contributed by atoms with van der Waals surface area (Å²) in [5, 5.41) is 4.81. The molecule has 2 rings (SSSR count). The standard InChI is InChI=1S/C16H28FN3/c1-5-13-12-15(16(2,3)4)20(18-13)14-6-9-19(10-7-14)11-8-17/h12,14H,5-11H2,1-4H3. The van der Waals surface area contributed by atoms with Crippen LogP contribution in [0.25, 0.3) is 0 Å². The van der Waals surface area contributed by atoms with Gasteiger partial charge in [0.05, 0.1) is 11.7 Å². The number of nitrogens with zero attached hydrogens (tertiary/aromatic N) is 3. The molecular weight excluding hydrogens is 253 g/mol. The van der Waals surface area contributed by atoms with Crippen LogP contribution in [0.5, 0.6) is 0 Å². The van der Waals surface area contributed by atoms with Crippen molar-refractivity contribution < 1.29 is 4.39 Å². The number of likely N-dealkylation sites (tertiary alicyclic amines) is 1. The number of piperidine rings is 1. The molecule has 1 aromatic rings. The maximum atomic E-state index is 12.4. The Morgan fingerprint density at radius 2 is 1.95 bits per heavy atom. The zero-order valence-corrected chi connectivity index (χ0v) is 13.3. The molecule has 0 aliphatic carbocycles. The molecule has 0 atom stereocenters. The zero-order valence-electron chi connectivity index (χ0n) is 13.3. The molecule has 114 valence electrons. The Hall–Kier alpha value is -0.900. The summed E-state index contributed by atoms with van der Waals surface area (Å²) in [6.07, 6.45) is 3.14. The number of halogens is 1. The van der Waals surface area contributed by atoms with E-state index in [4.69, 9.17) is 5.10 Å². The third kappa shape index (κ3) is 3.40. The van der Waals surface area contributed by atoms with E-state index in [-0.39, 0.29) is 12.1 Å². The van der Waals surface area contributed by atoms with Crippen molar-refractivity contribution in [1.29, 1.82) is 0 Å². The Bertz CT molecular complexity index is 425. The summed E-state index contributed by atoms with van der Waals surface area (Å²) in [5.74, 6) is 0. The lowest BCUT2D eigenvalue weighted by atomic mass is 9.91. The van der Waals surface area contributed by atoms with Gasteiger partial charge in [0.25, 0.3) is 0 Å². The molecule has 1 aromatic heterocycles. The largest absolute Gasteiger partial charge is 0.301 e. The van der Waals surface area contributed by atoms with Crippen molar-refractivity contribution in [2.75, 3.05) is 26.3 Å². The smallest absolute Gasteiger partial charge is 0.102 e. The van der Waals surface area contributed by atoms with E-state index in [0.29, 0.717) is 12.6 Å². The van der Waals surface area contributed by atoms with Crippen molar-refractivity contribution in [2.45, 2.75) is 58.4 Å². The summed E-state index contributed by atoms with van der Waals surface area (Å²) in [6, 6.07) is 2.73. The molecule has 0 radical (unpaired) electrons. The van der Waals surface area contributed by atoms with Gasteiger partial charge in [-0.25, -0.2) is 4.39 Å². The normalized spacial score (nSPS) is 18.6. The number of aryl methyl sites for hydroxylation is 1. The number of hydrogen-bond donors (Lipinski definition) is 0. The molecule has 1 aliphatic heterocycles. The molecule has 4 heteroatoms. The summed E-state index contributed by atoms with van der Waals surface area (Å²) in [6.45, 7) is 11.2. The van der Waals surface area contributed by atoms with Gasteiger partial charge >= 0.3 is 0 Å². The molecule has 1 aliphatic rings. The molecule has 0 saturated carbocycles. The third-order valence-electron chi connectivity index (χ3n) is 4.22. The second kappa shape index (κ2) is 6.25. The monoisotopic (exact) mass is 281 g/mol. The highest BCUT2D eigenvalue weighted by atomic mass is 19.1. The van der Waals surface area contributed by atoms with E-state index >= 15 is 0 Å². The summed E-state index contributed by atoms with van der Waals surface area (Å²) >= 11 is 0. The fourth-order valence-corrected chi connectivity index (χ4v) is 2.96. The van der Waals surface area contributed by atoms with Crippen molar-refractivity contribution in [2.24, 2.45) is 0 Å². The van der Waals surface area contributed by atoms with Crippen LogP contribution in [0.2, 0.25) is 0 Å². The van der Waals surface area contributed by atoms with Gasteiger partial charge in [0, 0.05) is 30.7 Å². The van der Waals surface area contributed by atoms with Gasteiger partial charge in [-0.3, -0.25) is 4.68 Å². The Kier molecular flexibility index (Phi) is 4.84. The Labute approximate surface area is 122 Å². The molecule has 0 unspecified atom stereocenters. The minimum Gasteiger partial charge on any atom is -0.301 e. The number of aromatic nitrogens is 2. The van der Waals surface area contributed by atoms with Crippen LogP contribution in [0.15, 0.2) is 6.07 Å². The summed E-state index contributed by atoms with van der Waals surface area (Å²) in [5.41, 5.74) is 2.63. The highest BCUT2D eigenvalue weighted by molar-refractivity contribution is 5.19. The van der Waals surface area contributed by atoms with Crippen LogP contribution in [0.1, 0.15) is 58.0 Å². The van der Waals surface area contributed by atoms with Crippen LogP contribution in [0.4, 0.5) is 4.39 Å². The van der Waals surface area contributed by atoms with Gasteiger partial charge in [-0.15, -0.1) is 0 Å². The SMILES string of the molecule is CCc1cc(C(C)(C)C)n(C2CCN(CCF)CC2)n1. The quantitative estimate of drug-likeness (QED) is 0.844. The highest BCUT2D eigenvalue weighted by Gasteiger charge is 2.27. The van der Waals surface area contributed by atoms with Gasteiger partial charge in [0.15, 0.2) is 0 Å². The predicted molar refractivity (Wildman–Crippen MR) is 81.0 cm³/mol. The third-order valence-corrected chi connectivity index (χ3v) is 4.22. The second-order valence-electron chi connectivity index (χ2n) is 6.83. The van der Waals surface area contributed by atoms with E-state index < -0.39 is 0 Å². The first-order valence-corrected chi connectivity index (χ1v) is 7.83. The number of hydrogen-bond acceptors (Lipinski definition) is 2. The van der Waals surface area contributed by atoms with Crippen molar-refractivity contribution in [1.82, 2.24) is 14.7 Å². The fraction of sp³-hybridized carbons (Fsp3) is 0.812. The van der Waals surface area contributed by atoms with Crippen LogP contribution in [0, 0.1) is 0 Å². The highest BCUT2D eigenvalue weighted by Crippen LogP contribution is 2.30. The Morgan fingerprint density at radius 3 is 2.45 bits per heavy atom. The molecule has 0 amide bonds. The van der Waals surface area contributed by atoms with Gasteiger partial charge < -0.3 is 4.90 Å². The summed E-state index contributed by atoms with van der Waals surface area (Å²) in [4.78, 5) is 2.22. The molecular formula is C16H28FN3. The predicted octanol–water partition coefficient (Wildman–Crippen LogP) is 3.35. The zero-order chi connectivity index (χ0) is 14.8. The van der Waals surface area contributed by atoms with Crippen LogP contribution < -0.4 is 0 Å². The topological polar surface area (TPSA) is 21.1 Å². The Morgan fingerprint density at radius 1 is 1.30 bits per heavy atom. The van der Waals surface area contributed by atoms with Crippen LogP contribution in [0.3, 0.4) is 0 Å². The first kappa shape index (κ1) is 15.5. The molecule has 2 heterocycles. The van der Waals surface area contributed by atoms with Crippen molar-refractivity contribution in [3.05, 3.63) is 17.5 Å². The first-order valence-electron chi connectivity index (χ1n) is 7.83. The van der Waals surface area contributed by atoms with Gasteiger partial charge in [0.1, 0.15) is 6.67 Å². The van der Waals surface area contributed by atoms with Crippen LogP contribution in [-0.4, -0.2) is 41.0 Å². The molecule has 0 aromatic carbocycles. The van der Waals surface area contributed by atoms with Gasteiger partial charge in [-0.1, -0.05) is 27.7 Å². The minimum atomic E-state index is -0.236. The van der Waals surface area contributed by atoms with Gasteiger partial charge in [-0.2, -0.15) is 5.10 Å². The Balaban J connectivity index is 2.15. The van der Waals surface area contributed by atoms with Gasteiger partial charge in [-0.05, 0) is 25.3 Å². The van der Waals surface area contributed by atoms with Crippen molar-refractivity contribution in [3.63, 3.8) is 0 Å². The average Bonchev–Trinajstić information content (AvgIpc) is 2.84. The van der Waals surface area contributed by atoms with Crippen LogP contribution in [-0.2, 0) is 11.8 Å². The van der Waals surface area contributed by atoms with E-state index in [1.165, 1.54) is 11.4 Å². The first-order chi connectivity index (χ1) is 9.45. The molecule has 1 fully saturated rings. The second-order valence-corrected chi connectivity index (χ2v) is 6.83. The summed E-state index contributed by atoms with van der Waals surface area (Å²) < 4.78 is 14.7. The number of rotatable bonds is 4. The van der Waals surface area contributed by atoms with E-state index in [1.54, 1.807) is 0 Å². The summed E-state index contributed by atoms with van der Waals surface area (Å²) in [7, 11) is 0. The van der Waals surface area contributed by atoms with Crippen molar-refractivity contribution >= 4 is 0 Å². The number of alkyl halides is 1. The van der Waals surface area contributed by atoms with Crippen molar-refractivity contribution in [3.8, 4) is 0 Å². The molecule has 0 N–H and O–H groups in total. The molecule has 3 nitrogen and oxygen atoms in total. The lowest BCUT2D eigenvalue weighted by Gasteiger charge is -2.33. The molecule has 0 spiro atoms. The van der Waals surface area contributed by atoms with E-state index in [2.05, 4.69) is 43.3 Å².